The fraction of sp³-hybridized carbons (Fsp3) is 0.143. The first-order valence-electron chi connectivity index (χ1n) is 3.28. The summed E-state index contributed by atoms with van der Waals surface area (Å²) in [7, 11) is 0. The van der Waals surface area contributed by atoms with Gasteiger partial charge in [-0.05, 0) is 12.1 Å². The van der Waals surface area contributed by atoms with Crippen LogP contribution in [0.15, 0.2) is 22.7 Å². The van der Waals surface area contributed by atoms with Crippen molar-refractivity contribution in [3.8, 4) is 0 Å². The van der Waals surface area contributed by atoms with Gasteiger partial charge in [-0.25, -0.2) is 0 Å². The zero-order valence-corrected chi connectivity index (χ0v) is 8.97. The van der Waals surface area contributed by atoms with Crippen LogP contribution in [-0.2, 0) is 6.54 Å². The summed E-state index contributed by atoms with van der Waals surface area (Å²) in [6, 6.07) is 4.71. The summed E-state index contributed by atoms with van der Waals surface area (Å²) in [4.78, 5) is 9.99. The van der Waals surface area contributed by atoms with Gasteiger partial charge in [0.2, 0.25) is 0 Å². The highest BCUT2D eigenvalue weighted by atomic mass is 79.9. The number of benzene rings is 1. The molecule has 0 fully saturated rings. The quantitative estimate of drug-likeness (QED) is 0.660. The van der Waals surface area contributed by atoms with E-state index >= 15 is 0 Å². The van der Waals surface area contributed by atoms with Crippen LogP contribution in [0.25, 0.3) is 0 Å². The van der Waals surface area contributed by atoms with Crippen LogP contribution in [0.1, 0.15) is 5.56 Å². The summed E-state index contributed by atoms with van der Waals surface area (Å²) in [5.41, 5.74) is 5.94. The fourth-order valence-corrected chi connectivity index (χ4v) is 1.30. The molecule has 0 saturated carbocycles. The van der Waals surface area contributed by atoms with Crippen LogP contribution in [0.3, 0.4) is 0 Å². The molecular formula is C7H8BrClN2O2. The van der Waals surface area contributed by atoms with Crippen molar-refractivity contribution in [1.82, 2.24) is 0 Å². The van der Waals surface area contributed by atoms with Crippen LogP contribution in [0.4, 0.5) is 5.69 Å². The molecule has 0 bridgehead atoms. The number of nitro groups is 1. The Morgan fingerprint density at radius 3 is 2.62 bits per heavy atom. The lowest BCUT2D eigenvalue weighted by Crippen LogP contribution is -2.01. The molecular weight excluding hydrogens is 259 g/mol. The maximum Gasteiger partial charge on any atom is 0.273 e. The normalized spacial score (nSPS) is 9.08. The largest absolute Gasteiger partial charge is 0.326 e. The molecule has 6 heteroatoms. The van der Waals surface area contributed by atoms with Crippen LogP contribution in [0.2, 0.25) is 0 Å². The van der Waals surface area contributed by atoms with E-state index in [0.29, 0.717) is 5.56 Å². The maximum absolute atomic E-state index is 10.4. The molecule has 0 amide bonds. The minimum atomic E-state index is -0.436. The SMILES string of the molecule is Cl.NCc1cc(Br)ccc1[N+](=O)[O-]. The van der Waals surface area contributed by atoms with Crippen molar-refractivity contribution in [1.29, 1.82) is 0 Å². The second-order valence-corrected chi connectivity index (χ2v) is 3.15. The van der Waals surface area contributed by atoms with E-state index in [-0.39, 0.29) is 24.6 Å². The van der Waals surface area contributed by atoms with E-state index in [9.17, 15) is 10.1 Å². The van der Waals surface area contributed by atoms with Crippen LogP contribution >= 0.6 is 28.3 Å². The van der Waals surface area contributed by atoms with Gasteiger partial charge in [0.15, 0.2) is 0 Å². The number of rotatable bonds is 2. The van der Waals surface area contributed by atoms with E-state index < -0.39 is 4.92 Å². The van der Waals surface area contributed by atoms with Crippen molar-refractivity contribution >= 4 is 34.0 Å². The third kappa shape index (κ3) is 2.95. The third-order valence-electron chi connectivity index (χ3n) is 1.46. The lowest BCUT2D eigenvalue weighted by Gasteiger charge is -1.99. The Kier molecular flexibility index (Phi) is 4.90. The number of halogens is 2. The molecule has 0 aliphatic heterocycles. The highest BCUT2D eigenvalue weighted by Gasteiger charge is 2.11. The number of hydrogen-bond acceptors (Lipinski definition) is 3. The van der Waals surface area contributed by atoms with Gasteiger partial charge in [0.25, 0.3) is 5.69 Å². The molecule has 4 nitrogen and oxygen atoms in total. The summed E-state index contributed by atoms with van der Waals surface area (Å²) in [6.07, 6.45) is 0. The first kappa shape index (κ1) is 12.3. The molecule has 2 N–H and O–H groups in total. The number of nitrogens with zero attached hydrogens (tertiary/aromatic N) is 1. The Bertz CT molecular complexity index is 319. The standard InChI is InChI=1S/C7H7BrN2O2.ClH/c8-6-1-2-7(10(11)12)5(3-6)4-9;/h1-3H,4,9H2;1H. The Hall–Kier alpha value is -0.650. The summed E-state index contributed by atoms with van der Waals surface area (Å²) >= 11 is 3.21. The van der Waals surface area contributed by atoms with Crippen molar-refractivity contribution in [2.24, 2.45) is 5.73 Å². The van der Waals surface area contributed by atoms with Crippen LogP contribution in [-0.4, -0.2) is 4.92 Å². The van der Waals surface area contributed by atoms with Crippen LogP contribution < -0.4 is 5.73 Å². The molecule has 1 aromatic rings. The second kappa shape index (κ2) is 5.16. The molecule has 1 rings (SSSR count). The van der Waals surface area contributed by atoms with E-state index in [1.807, 2.05) is 0 Å². The van der Waals surface area contributed by atoms with Gasteiger partial charge in [-0.1, -0.05) is 15.9 Å². The highest BCUT2D eigenvalue weighted by molar-refractivity contribution is 9.10. The summed E-state index contributed by atoms with van der Waals surface area (Å²) in [6.45, 7) is 0.176. The summed E-state index contributed by atoms with van der Waals surface area (Å²) in [5, 5.41) is 10.4. The second-order valence-electron chi connectivity index (χ2n) is 2.23. The summed E-state index contributed by atoms with van der Waals surface area (Å²) in [5.74, 6) is 0. The lowest BCUT2D eigenvalue weighted by molar-refractivity contribution is -0.385. The van der Waals surface area contributed by atoms with Crippen molar-refractivity contribution in [2.45, 2.75) is 6.54 Å². The van der Waals surface area contributed by atoms with Gasteiger partial charge in [-0.3, -0.25) is 10.1 Å². The first-order chi connectivity index (χ1) is 5.65. The molecule has 1 aromatic carbocycles. The average Bonchev–Trinajstić information content (AvgIpc) is 2.03. The molecule has 0 aromatic heterocycles. The van der Waals surface area contributed by atoms with E-state index in [4.69, 9.17) is 5.73 Å². The van der Waals surface area contributed by atoms with Gasteiger partial charge < -0.3 is 5.73 Å². The van der Waals surface area contributed by atoms with E-state index in [2.05, 4.69) is 15.9 Å². The van der Waals surface area contributed by atoms with Gasteiger partial charge in [-0.15, -0.1) is 12.4 Å². The van der Waals surface area contributed by atoms with E-state index in [1.165, 1.54) is 6.07 Å². The Balaban J connectivity index is 0.00000144. The molecule has 0 aliphatic carbocycles. The zero-order valence-electron chi connectivity index (χ0n) is 6.57. The molecule has 0 saturated heterocycles. The van der Waals surface area contributed by atoms with Gasteiger partial charge >= 0.3 is 0 Å². The molecule has 0 atom stereocenters. The van der Waals surface area contributed by atoms with Gasteiger partial charge in [0, 0.05) is 22.6 Å². The van der Waals surface area contributed by atoms with Gasteiger partial charge in [-0.2, -0.15) is 0 Å². The predicted molar refractivity (Wildman–Crippen MR) is 55.9 cm³/mol. The molecule has 0 spiro atoms. The highest BCUT2D eigenvalue weighted by Crippen LogP contribution is 2.22. The van der Waals surface area contributed by atoms with Gasteiger partial charge in [0.05, 0.1) is 4.92 Å². The number of nitro benzene ring substituents is 1. The predicted octanol–water partition coefficient (Wildman–Crippen LogP) is 2.24. The van der Waals surface area contributed by atoms with Crippen LogP contribution in [0, 0.1) is 10.1 Å². The minimum Gasteiger partial charge on any atom is -0.326 e. The number of hydrogen-bond donors (Lipinski definition) is 1. The Morgan fingerprint density at radius 1 is 1.54 bits per heavy atom. The topological polar surface area (TPSA) is 69.2 Å². The van der Waals surface area contributed by atoms with Crippen molar-refractivity contribution in [3.63, 3.8) is 0 Å². The maximum atomic E-state index is 10.4. The molecule has 0 heterocycles. The number of nitrogens with two attached hydrogens (primary N) is 1. The molecule has 0 aliphatic rings. The molecule has 13 heavy (non-hydrogen) atoms. The molecule has 72 valence electrons. The van der Waals surface area contributed by atoms with E-state index in [0.717, 1.165) is 4.47 Å². The Labute approximate surface area is 89.8 Å². The van der Waals surface area contributed by atoms with Crippen molar-refractivity contribution in [3.05, 3.63) is 38.3 Å². The van der Waals surface area contributed by atoms with Crippen molar-refractivity contribution < 1.29 is 4.92 Å². The first-order valence-corrected chi connectivity index (χ1v) is 4.07. The third-order valence-corrected chi connectivity index (χ3v) is 1.95. The lowest BCUT2D eigenvalue weighted by atomic mass is 10.2. The monoisotopic (exact) mass is 266 g/mol. The molecule has 0 radical (unpaired) electrons. The minimum absolute atomic E-state index is 0. The summed E-state index contributed by atoms with van der Waals surface area (Å²) < 4.78 is 0.800. The zero-order chi connectivity index (χ0) is 9.14. The van der Waals surface area contributed by atoms with Gasteiger partial charge in [0.1, 0.15) is 0 Å². The Morgan fingerprint density at radius 2 is 2.15 bits per heavy atom. The van der Waals surface area contributed by atoms with Crippen LogP contribution in [0.5, 0.6) is 0 Å². The smallest absolute Gasteiger partial charge is 0.273 e. The van der Waals surface area contributed by atoms with E-state index in [1.54, 1.807) is 12.1 Å². The molecule has 0 unspecified atom stereocenters. The fourth-order valence-electron chi connectivity index (χ4n) is 0.896. The average molecular weight is 268 g/mol. The van der Waals surface area contributed by atoms with Crippen molar-refractivity contribution in [2.75, 3.05) is 0 Å².